The van der Waals surface area contributed by atoms with Crippen LogP contribution in [0.4, 0.5) is 0 Å². The molecule has 0 bridgehead atoms. The van der Waals surface area contributed by atoms with Crippen LogP contribution in [0.3, 0.4) is 0 Å². The van der Waals surface area contributed by atoms with Crippen molar-refractivity contribution in [3.63, 3.8) is 0 Å². The van der Waals surface area contributed by atoms with Crippen molar-refractivity contribution in [3.05, 3.63) is 0 Å². The molecule has 2 saturated heterocycles. The Hall–Kier alpha value is -0.610. The summed E-state index contributed by atoms with van der Waals surface area (Å²) in [7, 11) is 0. The maximum Gasteiger partial charge on any atom is 0.234 e. The third-order valence-corrected chi connectivity index (χ3v) is 3.89. The zero-order chi connectivity index (χ0) is 10.3. The average Bonchev–Trinajstić information content (AvgIpc) is 2.68. The molecule has 2 aliphatic rings. The van der Waals surface area contributed by atoms with Gasteiger partial charge < -0.3 is 11.1 Å². The topological polar surface area (TPSA) is 58.4 Å². The van der Waals surface area contributed by atoms with E-state index in [4.69, 9.17) is 5.73 Å². The normalized spacial score (nSPS) is 39.7. The van der Waals surface area contributed by atoms with Crippen molar-refractivity contribution in [3.8, 4) is 0 Å². The molecule has 2 rings (SSSR count). The fourth-order valence-electron chi connectivity index (χ4n) is 2.88. The minimum absolute atomic E-state index is 0.115. The van der Waals surface area contributed by atoms with E-state index in [9.17, 15) is 4.79 Å². The van der Waals surface area contributed by atoms with Gasteiger partial charge in [0.2, 0.25) is 5.91 Å². The van der Waals surface area contributed by atoms with Crippen LogP contribution >= 0.6 is 0 Å². The van der Waals surface area contributed by atoms with Gasteiger partial charge in [-0.15, -0.1) is 0 Å². The average molecular weight is 197 g/mol. The minimum atomic E-state index is -0.204. The highest BCUT2D eigenvalue weighted by Crippen LogP contribution is 2.33. The molecular formula is C10H19N3O. The van der Waals surface area contributed by atoms with Crippen LogP contribution in [0.15, 0.2) is 0 Å². The third kappa shape index (κ3) is 1.42. The number of hydrogen-bond acceptors (Lipinski definition) is 3. The van der Waals surface area contributed by atoms with E-state index in [0.29, 0.717) is 17.9 Å². The molecule has 4 atom stereocenters. The molecule has 0 aromatic carbocycles. The van der Waals surface area contributed by atoms with E-state index in [1.165, 1.54) is 0 Å². The first-order valence-electron chi connectivity index (χ1n) is 5.37. The third-order valence-electron chi connectivity index (χ3n) is 3.89. The SMILES string of the molecule is CC(C(N)=O)N1CC2CNCC2C1C. The molecule has 80 valence electrons. The number of primary amides is 1. The predicted molar refractivity (Wildman–Crippen MR) is 54.7 cm³/mol. The maximum atomic E-state index is 11.1. The maximum absolute atomic E-state index is 11.1. The summed E-state index contributed by atoms with van der Waals surface area (Å²) in [4.78, 5) is 13.4. The summed E-state index contributed by atoms with van der Waals surface area (Å²) in [5.74, 6) is 1.22. The van der Waals surface area contributed by atoms with Crippen molar-refractivity contribution in [1.29, 1.82) is 0 Å². The van der Waals surface area contributed by atoms with Crippen LogP contribution in [0.2, 0.25) is 0 Å². The van der Waals surface area contributed by atoms with E-state index < -0.39 is 0 Å². The molecule has 0 saturated carbocycles. The lowest BCUT2D eigenvalue weighted by Gasteiger charge is -2.28. The molecule has 1 amide bonds. The molecule has 2 heterocycles. The number of carbonyl (C=O) groups is 1. The fraction of sp³-hybridized carbons (Fsp3) is 0.900. The van der Waals surface area contributed by atoms with Gasteiger partial charge in [-0.2, -0.15) is 0 Å². The highest BCUT2D eigenvalue weighted by atomic mass is 16.1. The van der Waals surface area contributed by atoms with E-state index in [0.717, 1.165) is 19.6 Å². The van der Waals surface area contributed by atoms with Crippen LogP contribution in [0.5, 0.6) is 0 Å². The number of nitrogens with zero attached hydrogens (tertiary/aromatic N) is 1. The van der Waals surface area contributed by atoms with Crippen LogP contribution in [0.25, 0.3) is 0 Å². The summed E-state index contributed by atoms with van der Waals surface area (Å²) in [5, 5.41) is 3.40. The zero-order valence-electron chi connectivity index (χ0n) is 8.86. The molecule has 0 radical (unpaired) electrons. The van der Waals surface area contributed by atoms with E-state index in [1.54, 1.807) is 0 Å². The van der Waals surface area contributed by atoms with Gasteiger partial charge in [0, 0.05) is 12.6 Å². The highest BCUT2D eigenvalue weighted by molar-refractivity contribution is 5.79. The molecule has 0 aromatic rings. The van der Waals surface area contributed by atoms with Crippen LogP contribution < -0.4 is 11.1 Å². The van der Waals surface area contributed by atoms with Crippen molar-refractivity contribution >= 4 is 5.91 Å². The Balaban J connectivity index is 2.06. The van der Waals surface area contributed by atoms with Gasteiger partial charge in [-0.25, -0.2) is 0 Å². The summed E-state index contributed by atoms with van der Waals surface area (Å²) in [6, 6.07) is 0.369. The Bertz CT molecular complexity index is 244. The molecule has 4 nitrogen and oxygen atoms in total. The summed E-state index contributed by atoms with van der Waals surface area (Å²) in [5.41, 5.74) is 5.33. The fourth-order valence-corrected chi connectivity index (χ4v) is 2.88. The number of nitrogens with one attached hydrogen (secondary N) is 1. The number of hydrogen-bond donors (Lipinski definition) is 2. The summed E-state index contributed by atoms with van der Waals surface area (Å²) >= 11 is 0. The molecular weight excluding hydrogens is 178 g/mol. The van der Waals surface area contributed by atoms with E-state index >= 15 is 0 Å². The molecule has 0 spiro atoms. The first-order valence-corrected chi connectivity index (χ1v) is 5.37. The van der Waals surface area contributed by atoms with Crippen molar-refractivity contribution < 1.29 is 4.79 Å². The van der Waals surface area contributed by atoms with Crippen molar-refractivity contribution in [2.45, 2.75) is 25.9 Å². The van der Waals surface area contributed by atoms with Crippen LogP contribution in [-0.4, -0.2) is 42.5 Å². The molecule has 0 aliphatic carbocycles. The first kappa shape index (κ1) is 9.93. The Morgan fingerprint density at radius 3 is 2.86 bits per heavy atom. The van der Waals surface area contributed by atoms with Crippen molar-refractivity contribution in [2.75, 3.05) is 19.6 Å². The smallest absolute Gasteiger partial charge is 0.234 e. The number of carbonyl (C=O) groups excluding carboxylic acids is 1. The largest absolute Gasteiger partial charge is 0.368 e. The minimum Gasteiger partial charge on any atom is -0.368 e. The zero-order valence-corrected chi connectivity index (χ0v) is 8.86. The van der Waals surface area contributed by atoms with Gasteiger partial charge in [-0.3, -0.25) is 9.69 Å². The standard InChI is InChI=1S/C10H19N3O/c1-6-9-4-12-3-8(9)5-13(6)7(2)10(11)14/h6-9,12H,3-5H2,1-2H3,(H2,11,14). The summed E-state index contributed by atoms with van der Waals surface area (Å²) < 4.78 is 0. The Labute approximate surface area is 84.8 Å². The van der Waals surface area contributed by atoms with E-state index in [-0.39, 0.29) is 11.9 Å². The molecule has 2 fully saturated rings. The van der Waals surface area contributed by atoms with Gasteiger partial charge in [0.25, 0.3) is 0 Å². The lowest BCUT2D eigenvalue weighted by atomic mass is 9.95. The van der Waals surface area contributed by atoms with Crippen molar-refractivity contribution in [1.82, 2.24) is 10.2 Å². The van der Waals surface area contributed by atoms with E-state index in [1.807, 2.05) is 6.92 Å². The highest BCUT2D eigenvalue weighted by Gasteiger charge is 2.44. The Morgan fingerprint density at radius 1 is 1.57 bits per heavy atom. The molecule has 0 aromatic heterocycles. The molecule has 3 N–H and O–H groups in total. The Kier molecular flexibility index (Phi) is 2.49. The number of rotatable bonds is 2. The van der Waals surface area contributed by atoms with Crippen LogP contribution in [0.1, 0.15) is 13.8 Å². The molecule has 4 heteroatoms. The Morgan fingerprint density at radius 2 is 2.29 bits per heavy atom. The lowest BCUT2D eigenvalue weighted by Crippen LogP contribution is -2.46. The molecule has 4 unspecified atom stereocenters. The number of likely N-dealkylation sites (tertiary alicyclic amines) is 1. The summed E-state index contributed by atoms with van der Waals surface area (Å²) in [6.07, 6.45) is 0. The predicted octanol–water partition coefficient (Wildman–Crippen LogP) is -0.600. The molecule has 2 aliphatic heterocycles. The first-order chi connectivity index (χ1) is 6.61. The van der Waals surface area contributed by atoms with Crippen molar-refractivity contribution in [2.24, 2.45) is 17.6 Å². The van der Waals surface area contributed by atoms with Gasteiger partial charge in [0.1, 0.15) is 0 Å². The second-order valence-electron chi connectivity index (χ2n) is 4.60. The van der Waals surface area contributed by atoms with Gasteiger partial charge in [0.15, 0.2) is 0 Å². The second kappa shape index (κ2) is 3.51. The van der Waals surface area contributed by atoms with Crippen LogP contribution in [0, 0.1) is 11.8 Å². The van der Waals surface area contributed by atoms with Gasteiger partial charge in [-0.1, -0.05) is 0 Å². The quantitative estimate of drug-likeness (QED) is 0.621. The number of nitrogens with two attached hydrogens (primary N) is 1. The number of amides is 1. The van der Waals surface area contributed by atoms with Crippen LogP contribution in [-0.2, 0) is 4.79 Å². The lowest BCUT2D eigenvalue weighted by molar-refractivity contribution is -0.123. The summed E-state index contributed by atoms with van der Waals surface area (Å²) in [6.45, 7) is 7.32. The monoisotopic (exact) mass is 197 g/mol. The molecule has 14 heavy (non-hydrogen) atoms. The number of fused-ring (bicyclic) bond motifs is 1. The van der Waals surface area contributed by atoms with E-state index in [2.05, 4.69) is 17.1 Å². The van der Waals surface area contributed by atoms with Gasteiger partial charge in [-0.05, 0) is 38.8 Å². The van der Waals surface area contributed by atoms with Gasteiger partial charge in [0.05, 0.1) is 6.04 Å². The second-order valence-corrected chi connectivity index (χ2v) is 4.60. The van der Waals surface area contributed by atoms with Gasteiger partial charge >= 0.3 is 0 Å².